The molecule has 0 spiro atoms. The summed E-state index contributed by atoms with van der Waals surface area (Å²) in [5.41, 5.74) is 2.97. The Kier molecular flexibility index (Phi) is 1.84. The second-order valence-corrected chi connectivity index (χ2v) is 5.28. The van der Waals surface area contributed by atoms with Crippen molar-refractivity contribution in [2.75, 3.05) is 19.7 Å². The van der Waals surface area contributed by atoms with E-state index in [4.69, 9.17) is 4.74 Å². The van der Waals surface area contributed by atoms with Gasteiger partial charge in [-0.05, 0) is 11.6 Å². The molecule has 0 aromatic heterocycles. The van der Waals surface area contributed by atoms with Crippen molar-refractivity contribution in [3.8, 4) is 5.75 Å². The van der Waals surface area contributed by atoms with Gasteiger partial charge in [-0.3, -0.25) is 0 Å². The van der Waals surface area contributed by atoms with Gasteiger partial charge in [0, 0.05) is 30.0 Å². The van der Waals surface area contributed by atoms with Crippen LogP contribution in [0.2, 0.25) is 0 Å². The average Bonchev–Trinajstić information content (AvgIpc) is 2.40. The molecular formula is C13H17NO. The van der Waals surface area contributed by atoms with Gasteiger partial charge in [-0.1, -0.05) is 26.0 Å². The molecule has 80 valence electrons. The number of nitrogens with one attached hydrogen (secondary N) is 1. The van der Waals surface area contributed by atoms with Crippen LogP contribution >= 0.6 is 0 Å². The van der Waals surface area contributed by atoms with Crippen LogP contribution in [0.3, 0.4) is 0 Å². The van der Waals surface area contributed by atoms with Gasteiger partial charge in [-0.15, -0.1) is 0 Å². The Hall–Kier alpha value is -1.02. The second kappa shape index (κ2) is 2.99. The maximum atomic E-state index is 5.75. The van der Waals surface area contributed by atoms with Gasteiger partial charge in [0.1, 0.15) is 5.75 Å². The highest BCUT2D eigenvalue weighted by Crippen LogP contribution is 2.40. The summed E-state index contributed by atoms with van der Waals surface area (Å²) < 4.78 is 5.75. The van der Waals surface area contributed by atoms with E-state index in [9.17, 15) is 0 Å². The summed E-state index contributed by atoms with van der Waals surface area (Å²) in [7, 11) is 0. The molecule has 1 aromatic carbocycles. The molecule has 2 heterocycles. The lowest BCUT2D eigenvalue weighted by molar-refractivity contribution is 0.290. The van der Waals surface area contributed by atoms with Crippen LogP contribution in [-0.4, -0.2) is 19.7 Å². The molecule has 0 bridgehead atoms. The van der Waals surface area contributed by atoms with E-state index in [0.717, 1.165) is 25.4 Å². The van der Waals surface area contributed by atoms with Gasteiger partial charge in [-0.25, -0.2) is 0 Å². The molecule has 0 saturated carbocycles. The first-order chi connectivity index (χ1) is 7.17. The molecule has 2 nitrogen and oxygen atoms in total. The summed E-state index contributed by atoms with van der Waals surface area (Å²) in [6.07, 6.45) is 0. The minimum absolute atomic E-state index is 0.186. The van der Waals surface area contributed by atoms with Gasteiger partial charge < -0.3 is 10.1 Å². The zero-order valence-electron chi connectivity index (χ0n) is 9.34. The van der Waals surface area contributed by atoms with Crippen molar-refractivity contribution >= 4 is 0 Å². The first-order valence-corrected chi connectivity index (χ1v) is 5.65. The Morgan fingerprint density at radius 2 is 2.13 bits per heavy atom. The molecule has 3 rings (SSSR count). The van der Waals surface area contributed by atoms with Crippen molar-refractivity contribution < 1.29 is 4.74 Å². The SMILES string of the molecule is CC1(C)COc2cc(C3CNC3)ccc21. The van der Waals surface area contributed by atoms with E-state index in [2.05, 4.69) is 37.4 Å². The molecule has 2 aliphatic heterocycles. The van der Waals surface area contributed by atoms with Crippen molar-refractivity contribution in [3.05, 3.63) is 29.3 Å². The van der Waals surface area contributed by atoms with Gasteiger partial charge in [0.2, 0.25) is 0 Å². The third-order valence-corrected chi connectivity index (χ3v) is 3.58. The smallest absolute Gasteiger partial charge is 0.123 e. The summed E-state index contributed by atoms with van der Waals surface area (Å²) in [6.45, 7) is 7.52. The lowest BCUT2D eigenvalue weighted by atomic mass is 9.85. The van der Waals surface area contributed by atoms with Crippen molar-refractivity contribution in [1.82, 2.24) is 5.32 Å². The van der Waals surface area contributed by atoms with E-state index in [1.807, 2.05) is 0 Å². The number of hydrogen-bond donors (Lipinski definition) is 1. The largest absolute Gasteiger partial charge is 0.492 e. The molecule has 1 aromatic rings. The number of ether oxygens (including phenoxy) is 1. The predicted octanol–water partition coefficient (Wildman–Crippen LogP) is 2.04. The third-order valence-electron chi connectivity index (χ3n) is 3.58. The summed E-state index contributed by atoms with van der Waals surface area (Å²) in [6, 6.07) is 6.74. The molecule has 0 unspecified atom stereocenters. The lowest BCUT2D eigenvalue weighted by Crippen LogP contribution is -2.39. The summed E-state index contributed by atoms with van der Waals surface area (Å²) in [5, 5.41) is 3.30. The Balaban J connectivity index is 1.97. The standard InChI is InChI=1S/C13H17NO/c1-13(2)8-15-12-5-9(3-4-11(12)13)10-6-14-7-10/h3-5,10,14H,6-8H2,1-2H3. The van der Waals surface area contributed by atoms with Crippen LogP contribution in [-0.2, 0) is 5.41 Å². The maximum absolute atomic E-state index is 5.75. The van der Waals surface area contributed by atoms with Crippen LogP contribution in [0.1, 0.15) is 30.9 Å². The highest BCUT2D eigenvalue weighted by atomic mass is 16.5. The number of hydrogen-bond acceptors (Lipinski definition) is 2. The first-order valence-electron chi connectivity index (χ1n) is 5.65. The van der Waals surface area contributed by atoms with Crippen LogP contribution in [0.15, 0.2) is 18.2 Å². The van der Waals surface area contributed by atoms with E-state index in [1.54, 1.807) is 0 Å². The fourth-order valence-corrected chi connectivity index (χ4v) is 2.33. The van der Waals surface area contributed by atoms with Gasteiger partial charge in [0.15, 0.2) is 0 Å². The van der Waals surface area contributed by atoms with Crippen LogP contribution < -0.4 is 10.1 Å². The van der Waals surface area contributed by atoms with Gasteiger partial charge >= 0.3 is 0 Å². The summed E-state index contributed by atoms with van der Waals surface area (Å²) in [5.74, 6) is 1.80. The fraction of sp³-hybridized carbons (Fsp3) is 0.538. The van der Waals surface area contributed by atoms with Gasteiger partial charge in [-0.2, -0.15) is 0 Å². The molecular weight excluding hydrogens is 186 g/mol. The van der Waals surface area contributed by atoms with Crippen LogP contribution in [0.4, 0.5) is 0 Å². The quantitative estimate of drug-likeness (QED) is 0.754. The third kappa shape index (κ3) is 1.36. The summed E-state index contributed by atoms with van der Waals surface area (Å²) >= 11 is 0. The Morgan fingerprint density at radius 1 is 1.33 bits per heavy atom. The highest BCUT2D eigenvalue weighted by Gasteiger charge is 2.32. The van der Waals surface area contributed by atoms with E-state index in [-0.39, 0.29) is 5.41 Å². The van der Waals surface area contributed by atoms with E-state index in [0.29, 0.717) is 5.92 Å². The molecule has 2 heteroatoms. The van der Waals surface area contributed by atoms with Crippen LogP contribution in [0.5, 0.6) is 5.75 Å². The molecule has 15 heavy (non-hydrogen) atoms. The van der Waals surface area contributed by atoms with Gasteiger partial charge in [0.05, 0.1) is 6.61 Å². The maximum Gasteiger partial charge on any atom is 0.123 e. The Labute approximate surface area is 90.6 Å². The minimum Gasteiger partial charge on any atom is -0.492 e. The molecule has 0 radical (unpaired) electrons. The molecule has 1 fully saturated rings. The van der Waals surface area contributed by atoms with Crippen molar-refractivity contribution in [2.45, 2.75) is 25.2 Å². The Morgan fingerprint density at radius 3 is 2.80 bits per heavy atom. The summed E-state index contributed by atoms with van der Waals surface area (Å²) in [4.78, 5) is 0. The zero-order chi connectivity index (χ0) is 10.5. The van der Waals surface area contributed by atoms with Crippen LogP contribution in [0.25, 0.3) is 0 Å². The highest BCUT2D eigenvalue weighted by molar-refractivity contribution is 5.46. The van der Waals surface area contributed by atoms with E-state index in [1.165, 1.54) is 11.1 Å². The van der Waals surface area contributed by atoms with Crippen molar-refractivity contribution in [1.29, 1.82) is 0 Å². The number of rotatable bonds is 1. The van der Waals surface area contributed by atoms with Gasteiger partial charge in [0.25, 0.3) is 0 Å². The Bertz CT molecular complexity index is 394. The second-order valence-electron chi connectivity index (χ2n) is 5.28. The van der Waals surface area contributed by atoms with E-state index >= 15 is 0 Å². The van der Waals surface area contributed by atoms with E-state index < -0.39 is 0 Å². The molecule has 0 atom stereocenters. The number of benzene rings is 1. The molecule has 1 N–H and O–H groups in total. The molecule has 0 amide bonds. The average molecular weight is 203 g/mol. The molecule has 1 saturated heterocycles. The monoisotopic (exact) mass is 203 g/mol. The minimum atomic E-state index is 0.186. The molecule has 2 aliphatic rings. The fourth-order valence-electron chi connectivity index (χ4n) is 2.33. The normalized spacial score (nSPS) is 23.1. The molecule has 0 aliphatic carbocycles. The predicted molar refractivity (Wildman–Crippen MR) is 60.6 cm³/mol. The number of fused-ring (bicyclic) bond motifs is 1. The lowest BCUT2D eigenvalue weighted by Gasteiger charge is -2.27. The topological polar surface area (TPSA) is 21.3 Å². The van der Waals surface area contributed by atoms with Crippen molar-refractivity contribution in [3.63, 3.8) is 0 Å². The van der Waals surface area contributed by atoms with Crippen LogP contribution in [0, 0.1) is 0 Å². The van der Waals surface area contributed by atoms with Crippen molar-refractivity contribution in [2.24, 2.45) is 0 Å². The first kappa shape index (κ1) is 9.22. The zero-order valence-corrected chi connectivity index (χ0v) is 9.34.